The van der Waals surface area contributed by atoms with E-state index >= 15 is 0 Å². The summed E-state index contributed by atoms with van der Waals surface area (Å²) in [6.07, 6.45) is 0. The lowest BCUT2D eigenvalue weighted by Gasteiger charge is -2.24. The number of benzene rings is 1. The van der Waals surface area contributed by atoms with Gasteiger partial charge in [-0.3, -0.25) is 0 Å². The van der Waals surface area contributed by atoms with Gasteiger partial charge in [0.25, 0.3) is 0 Å². The first-order chi connectivity index (χ1) is 8.99. The van der Waals surface area contributed by atoms with Crippen molar-refractivity contribution in [3.05, 3.63) is 35.4 Å². The van der Waals surface area contributed by atoms with E-state index in [-0.39, 0.29) is 11.9 Å². The molecule has 104 valence electrons. The molecule has 0 spiro atoms. The average Bonchev–Trinajstić information content (AvgIpc) is 2.44. The molecule has 0 saturated heterocycles. The Morgan fingerprint density at radius 3 is 2.63 bits per heavy atom. The molecule has 0 saturated carbocycles. The van der Waals surface area contributed by atoms with E-state index in [0.717, 1.165) is 5.56 Å². The topological polar surface area (TPSA) is 82.2 Å². The molecule has 6 heteroatoms. The monoisotopic (exact) mass is 264 g/mol. The van der Waals surface area contributed by atoms with Crippen molar-refractivity contribution in [2.75, 3.05) is 20.6 Å². The van der Waals surface area contributed by atoms with Crippen LogP contribution in [0.3, 0.4) is 0 Å². The molecule has 0 atom stereocenters. The van der Waals surface area contributed by atoms with Crippen molar-refractivity contribution < 1.29 is 10.0 Å². The molecule has 0 unspecified atom stereocenters. The van der Waals surface area contributed by atoms with E-state index in [1.54, 1.807) is 36.0 Å². The van der Waals surface area contributed by atoms with Crippen molar-refractivity contribution in [3.63, 3.8) is 0 Å². The van der Waals surface area contributed by atoms with Crippen LogP contribution >= 0.6 is 0 Å². The van der Waals surface area contributed by atoms with E-state index in [2.05, 4.69) is 5.16 Å². The van der Waals surface area contributed by atoms with E-state index in [1.807, 2.05) is 19.1 Å². The second kappa shape index (κ2) is 6.63. The first-order valence-corrected chi connectivity index (χ1v) is 6.02. The van der Waals surface area contributed by atoms with Crippen LogP contribution in [-0.4, -0.2) is 47.5 Å². The lowest BCUT2D eigenvalue weighted by Crippen LogP contribution is -2.38. The van der Waals surface area contributed by atoms with Crippen LogP contribution in [0.1, 0.15) is 18.1 Å². The number of carbonyl (C=O) groups excluding carboxylic acids is 1. The van der Waals surface area contributed by atoms with Crippen LogP contribution in [-0.2, 0) is 6.54 Å². The van der Waals surface area contributed by atoms with Gasteiger partial charge in [0.15, 0.2) is 5.84 Å². The maximum atomic E-state index is 11.9. The molecule has 1 aromatic rings. The molecular formula is C13H20N4O2. The van der Waals surface area contributed by atoms with Gasteiger partial charge < -0.3 is 20.7 Å². The Kier molecular flexibility index (Phi) is 5.17. The molecule has 2 amide bonds. The quantitative estimate of drug-likeness (QED) is 0.372. The Morgan fingerprint density at radius 2 is 2.05 bits per heavy atom. The zero-order valence-corrected chi connectivity index (χ0v) is 11.5. The van der Waals surface area contributed by atoms with Crippen LogP contribution in [0.25, 0.3) is 0 Å². The van der Waals surface area contributed by atoms with Crippen molar-refractivity contribution in [2.24, 2.45) is 10.9 Å². The van der Waals surface area contributed by atoms with E-state index in [4.69, 9.17) is 10.9 Å². The third-order valence-corrected chi connectivity index (χ3v) is 2.88. The normalized spacial score (nSPS) is 11.2. The highest BCUT2D eigenvalue weighted by Crippen LogP contribution is 2.08. The number of nitrogens with zero attached hydrogens (tertiary/aromatic N) is 3. The van der Waals surface area contributed by atoms with Crippen LogP contribution < -0.4 is 5.73 Å². The molecule has 0 aliphatic heterocycles. The highest BCUT2D eigenvalue weighted by atomic mass is 16.4. The highest BCUT2D eigenvalue weighted by molar-refractivity contribution is 5.97. The Morgan fingerprint density at radius 1 is 1.37 bits per heavy atom. The Hall–Kier alpha value is -2.24. The highest BCUT2D eigenvalue weighted by Gasteiger charge is 2.13. The molecular weight excluding hydrogens is 244 g/mol. The van der Waals surface area contributed by atoms with Crippen LogP contribution in [0.4, 0.5) is 4.79 Å². The minimum Gasteiger partial charge on any atom is -0.409 e. The largest absolute Gasteiger partial charge is 0.409 e. The SMILES string of the molecule is CCN(C)C(=O)N(C)Cc1cccc(C(N)=NO)c1. The minimum atomic E-state index is -0.0447. The summed E-state index contributed by atoms with van der Waals surface area (Å²) in [7, 11) is 3.50. The Bertz CT molecular complexity index is 473. The van der Waals surface area contributed by atoms with E-state index < -0.39 is 0 Å². The zero-order chi connectivity index (χ0) is 14.4. The van der Waals surface area contributed by atoms with Crippen molar-refractivity contribution >= 4 is 11.9 Å². The number of nitrogens with two attached hydrogens (primary N) is 1. The fraction of sp³-hybridized carbons (Fsp3) is 0.385. The molecule has 0 aliphatic rings. The van der Waals surface area contributed by atoms with Gasteiger partial charge in [-0.1, -0.05) is 23.4 Å². The maximum Gasteiger partial charge on any atom is 0.319 e. The molecule has 0 radical (unpaired) electrons. The van der Waals surface area contributed by atoms with Gasteiger partial charge in [-0.25, -0.2) is 4.79 Å². The summed E-state index contributed by atoms with van der Waals surface area (Å²) in [5, 5.41) is 11.6. The van der Waals surface area contributed by atoms with Crippen LogP contribution in [0.5, 0.6) is 0 Å². The molecule has 0 heterocycles. The molecule has 6 nitrogen and oxygen atoms in total. The van der Waals surface area contributed by atoms with Gasteiger partial charge in [0.05, 0.1) is 0 Å². The minimum absolute atomic E-state index is 0.0447. The van der Waals surface area contributed by atoms with Gasteiger partial charge in [-0.15, -0.1) is 0 Å². The van der Waals surface area contributed by atoms with Crippen molar-refractivity contribution in [2.45, 2.75) is 13.5 Å². The number of carbonyl (C=O) groups is 1. The van der Waals surface area contributed by atoms with Crippen LogP contribution in [0.15, 0.2) is 29.4 Å². The zero-order valence-electron chi connectivity index (χ0n) is 11.5. The number of amidine groups is 1. The summed E-state index contributed by atoms with van der Waals surface area (Å²) in [6, 6.07) is 7.20. The second-order valence-corrected chi connectivity index (χ2v) is 4.34. The molecule has 0 aromatic heterocycles. The number of oxime groups is 1. The van der Waals surface area contributed by atoms with Gasteiger partial charge in [0.2, 0.25) is 0 Å². The van der Waals surface area contributed by atoms with Gasteiger partial charge in [-0.05, 0) is 18.6 Å². The molecule has 1 rings (SSSR count). The van der Waals surface area contributed by atoms with E-state index in [0.29, 0.717) is 18.7 Å². The molecule has 3 N–H and O–H groups in total. The van der Waals surface area contributed by atoms with Gasteiger partial charge in [-0.2, -0.15) is 0 Å². The number of rotatable bonds is 4. The van der Waals surface area contributed by atoms with Crippen molar-refractivity contribution in [1.29, 1.82) is 0 Å². The summed E-state index contributed by atoms with van der Waals surface area (Å²) in [5.41, 5.74) is 7.08. The van der Waals surface area contributed by atoms with Gasteiger partial charge >= 0.3 is 6.03 Å². The Labute approximate surface area is 113 Å². The molecule has 0 fully saturated rings. The van der Waals surface area contributed by atoms with E-state index in [9.17, 15) is 4.79 Å². The van der Waals surface area contributed by atoms with Crippen LogP contribution in [0, 0.1) is 0 Å². The Balaban J connectivity index is 2.80. The van der Waals surface area contributed by atoms with Crippen molar-refractivity contribution in [3.8, 4) is 0 Å². The lowest BCUT2D eigenvalue weighted by molar-refractivity contribution is 0.173. The third-order valence-electron chi connectivity index (χ3n) is 2.88. The first-order valence-electron chi connectivity index (χ1n) is 6.02. The van der Waals surface area contributed by atoms with E-state index in [1.165, 1.54) is 0 Å². The standard InChI is InChI=1S/C13H20N4O2/c1-4-16(2)13(18)17(3)9-10-6-5-7-11(8-10)12(14)15-19/h5-8,19H,4,9H2,1-3H3,(H2,14,15). The summed E-state index contributed by atoms with van der Waals surface area (Å²) in [6.45, 7) is 3.05. The summed E-state index contributed by atoms with van der Waals surface area (Å²) in [5.74, 6) is 0.0569. The predicted octanol–water partition coefficient (Wildman–Crippen LogP) is 1.28. The number of amides is 2. The summed E-state index contributed by atoms with van der Waals surface area (Å²) < 4.78 is 0. The lowest BCUT2D eigenvalue weighted by atomic mass is 10.1. The fourth-order valence-electron chi connectivity index (χ4n) is 1.65. The molecule has 19 heavy (non-hydrogen) atoms. The summed E-state index contributed by atoms with van der Waals surface area (Å²) in [4.78, 5) is 15.2. The number of hydrogen-bond donors (Lipinski definition) is 2. The third kappa shape index (κ3) is 3.87. The smallest absolute Gasteiger partial charge is 0.319 e. The maximum absolute atomic E-state index is 11.9. The number of urea groups is 1. The molecule has 1 aromatic carbocycles. The fourth-order valence-corrected chi connectivity index (χ4v) is 1.65. The summed E-state index contributed by atoms with van der Waals surface area (Å²) >= 11 is 0. The predicted molar refractivity (Wildman–Crippen MR) is 74.1 cm³/mol. The van der Waals surface area contributed by atoms with Crippen LogP contribution in [0.2, 0.25) is 0 Å². The number of hydrogen-bond acceptors (Lipinski definition) is 3. The van der Waals surface area contributed by atoms with Gasteiger partial charge in [0.1, 0.15) is 0 Å². The second-order valence-electron chi connectivity index (χ2n) is 4.34. The van der Waals surface area contributed by atoms with Crippen molar-refractivity contribution in [1.82, 2.24) is 9.80 Å². The molecule has 0 bridgehead atoms. The average molecular weight is 264 g/mol. The first kappa shape index (κ1) is 14.8. The van der Waals surface area contributed by atoms with Gasteiger partial charge in [0, 0.05) is 32.7 Å². The molecule has 0 aliphatic carbocycles.